The Morgan fingerprint density at radius 2 is 0.926 bits per heavy atom. The van der Waals surface area contributed by atoms with Gasteiger partial charge in [0.05, 0.1) is 0 Å². The van der Waals surface area contributed by atoms with Crippen molar-refractivity contribution >= 4 is 11.8 Å². The fourth-order valence-electron chi connectivity index (χ4n) is 6.63. The van der Waals surface area contributed by atoms with Crippen LogP contribution in [-0.4, -0.2) is 126 Å². The number of hydrogen-bond donors (Lipinski definition) is 2. The first-order valence-corrected chi connectivity index (χ1v) is 22.8. The van der Waals surface area contributed by atoms with Crippen LogP contribution in [0.2, 0.25) is 0 Å². The van der Waals surface area contributed by atoms with Crippen LogP contribution in [0.15, 0.2) is 11.6 Å². The number of nitrogens with one attached hydrogen (secondary N) is 2. The molecule has 0 aliphatic carbocycles. The molecule has 0 spiro atoms. The predicted molar refractivity (Wildman–Crippen MR) is 239 cm³/mol. The topological polar surface area (TPSA) is 71.2 Å². The van der Waals surface area contributed by atoms with Gasteiger partial charge in [-0.15, -0.1) is 0 Å². The van der Waals surface area contributed by atoms with Gasteiger partial charge in [-0.1, -0.05) is 116 Å². The van der Waals surface area contributed by atoms with Crippen LogP contribution >= 0.6 is 0 Å². The average molecular weight is 765 g/mol. The number of amides is 2. The Balaban J connectivity index is 0. The van der Waals surface area contributed by atoms with Crippen LogP contribution in [0.3, 0.4) is 0 Å². The van der Waals surface area contributed by atoms with Crippen molar-refractivity contribution in [3.8, 4) is 0 Å². The first kappa shape index (κ1) is 54.6. The minimum absolute atomic E-state index is 0.0732. The van der Waals surface area contributed by atoms with Gasteiger partial charge in [0.15, 0.2) is 0 Å². The van der Waals surface area contributed by atoms with E-state index in [2.05, 4.69) is 100 Å². The third kappa shape index (κ3) is 44.9. The van der Waals surface area contributed by atoms with E-state index >= 15 is 0 Å². The zero-order valence-corrected chi connectivity index (χ0v) is 38.2. The third-order valence-electron chi connectivity index (χ3n) is 10.2. The maximum atomic E-state index is 12.1. The number of nitrogens with zero attached hydrogens (tertiary/aromatic N) is 4. The highest BCUT2D eigenvalue weighted by Gasteiger charge is 2.09. The standard InChI is InChI=1S/C23H49N3O.C23H47N3O/c2*1-6-7-8-9-10-11-12-16-22(2)21-23(27)24-17-15-20-26(5)19-14-13-18-25(3)4/h22H,6-21H2,1-5H3,(H,24,27);21H,6-20H2,1-5H3,(H,24,27)/b;22-21+. The van der Waals surface area contributed by atoms with Crippen molar-refractivity contribution in [2.24, 2.45) is 5.92 Å². The summed E-state index contributed by atoms with van der Waals surface area (Å²) in [4.78, 5) is 33.2. The van der Waals surface area contributed by atoms with E-state index in [-0.39, 0.29) is 11.8 Å². The summed E-state index contributed by atoms with van der Waals surface area (Å²) in [6.45, 7) is 17.1. The average Bonchev–Trinajstić information content (AvgIpc) is 3.11. The summed E-state index contributed by atoms with van der Waals surface area (Å²) in [5.41, 5.74) is 1.21. The van der Waals surface area contributed by atoms with Crippen LogP contribution < -0.4 is 10.6 Å². The highest BCUT2D eigenvalue weighted by atomic mass is 16.2. The highest BCUT2D eigenvalue weighted by molar-refractivity contribution is 5.88. The third-order valence-corrected chi connectivity index (χ3v) is 10.2. The van der Waals surface area contributed by atoms with Crippen molar-refractivity contribution in [1.29, 1.82) is 0 Å². The van der Waals surface area contributed by atoms with Crippen LogP contribution in [-0.2, 0) is 9.59 Å². The molecular formula is C46H96N6O2. The van der Waals surface area contributed by atoms with Crippen molar-refractivity contribution in [1.82, 2.24) is 30.2 Å². The Bertz CT molecular complexity index is 849. The Hall–Kier alpha value is -1.48. The van der Waals surface area contributed by atoms with Crippen molar-refractivity contribution in [2.75, 3.05) is 94.6 Å². The zero-order chi connectivity index (χ0) is 40.7. The number of carbonyl (C=O) groups excluding carboxylic acids is 2. The minimum Gasteiger partial charge on any atom is -0.356 e. The predicted octanol–water partition coefficient (Wildman–Crippen LogP) is 9.79. The fraction of sp³-hybridized carbons (Fsp3) is 0.913. The molecule has 0 fully saturated rings. The minimum atomic E-state index is 0.0732. The second-order valence-electron chi connectivity index (χ2n) is 17.1. The van der Waals surface area contributed by atoms with Crippen molar-refractivity contribution in [3.05, 3.63) is 11.6 Å². The van der Waals surface area contributed by atoms with Crippen LogP contribution in [0.5, 0.6) is 0 Å². The number of unbranched alkanes of at least 4 members (excludes halogenated alkanes) is 14. The summed E-state index contributed by atoms with van der Waals surface area (Å²) < 4.78 is 0. The summed E-state index contributed by atoms with van der Waals surface area (Å²) in [6, 6.07) is 0. The van der Waals surface area contributed by atoms with Crippen LogP contribution in [0, 0.1) is 5.92 Å². The van der Waals surface area contributed by atoms with E-state index in [9.17, 15) is 9.59 Å². The maximum absolute atomic E-state index is 12.1. The number of allylic oxidation sites excluding steroid dienone is 1. The van der Waals surface area contributed by atoms with E-state index in [4.69, 9.17) is 0 Å². The zero-order valence-electron chi connectivity index (χ0n) is 38.2. The van der Waals surface area contributed by atoms with E-state index in [1.54, 1.807) is 6.08 Å². The molecule has 54 heavy (non-hydrogen) atoms. The second-order valence-corrected chi connectivity index (χ2v) is 17.1. The Morgan fingerprint density at radius 3 is 1.41 bits per heavy atom. The number of hydrogen-bond acceptors (Lipinski definition) is 6. The molecule has 0 aromatic rings. The molecule has 8 nitrogen and oxygen atoms in total. The van der Waals surface area contributed by atoms with E-state index in [1.807, 2.05) is 0 Å². The van der Waals surface area contributed by atoms with Gasteiger partial charge in [-0.05, 0) is 146 Å². The summed E-state index contributed by atoms with van der Waals surface area (Å²) in [5.74, 6) is 0.822. The molecule has 0 rings (SSSR count). The van der Waals surface area contributed by atoms with E-state index < -0.39 is 0 Å². The second kappa shape index (κ2) is 41.2. The highest BCUT2D eigenvalue weighted by Crippen LogP contribution is 2.15. The van der Waals surface area contributed by atoms with Crippen LogP contribution in [0.25, 0.3) is 0 Å². The SMILES string of the molecule is CCCCCCCCC/C(C)=C/C(=O)NCCCN(C)CCCCN(C)C.CCCCCCCCCC(C)CC(=O)NCCCN(C)CCCCN(C)C. The van der Waals surface area contributed by atoms with E-state index in [1.165, 1.54) is 134 Å². The largest absolute Gasteiger partial charge is 0.356 e. The van der Waals surface area contributed by atoms with E-state index in [0.29, 0.717) is 12.3 Å². The fourth-order valence-corrected chi connectivity index (χ4v) is 6.63. The molecule has 2 N–H and O–H groups in total. The van der Waals surface area contributed by atoms with Gasteiger partial charge in [-0.2, -0.15) is 0 Å². The van der Waals surface area contributed by atoms with Crippen LogP contribution in [0.1, 0.15) is 175 Å². The lowest BCUT2D eigenvalue weighted by atomic mass is 9.98. The molecule has 0 radical (unpaired) electrons. The first-order chi connectivity index (χ1) is 25.9. The Morgan fingerprint density at radius 1 is 0.519 bits per heavy atom. The van der Waals surface area contributed by atoms with Gasteiger partial charge in [0, 0.05) is 25.6 Å². The molecule has 322 valence electrons. The monoisotopic (exact) mass is 765 g/mol. The van der Waals surface area contributed by atoms with Crippen molar-refractivity contribution in [2.45, 2.75) is 175 Å². The molecular weight excluding hydrogens is 669 g/mol. The quantitative estimate of drug-likeness (QED) is 0.0485. The molecule has 0 bridgehead atoms. The molecule has 0 heterocycles. The molecule has 0 saturated heterocycles. The van der Waals surface area contributed by atoms with Crippen molar-refractivity contribution in [3.63, 3.8) is 0 Å². The number of carbonyl (C=O) groups is 2. The molecule has 0 aromatic heterocycles. The summed E-state index contributed by atoms with van der Waals surface area (Å²) in [5, 5.41) is 6.13. The molecule has 8 heteroatoms. The molecule has 0 aliphatic heterocycles. The smallest absolute Gasteiger partial charge is 0.243 e. The molecule has 1 unspecified atom stereocenters. The lowest BCUT2D eigenvalue weighted by molar-refractivity contribution is -0.122. The summed E-state index contributed by atoms with van der Waals surface area (Å²) in [7, 11) is 12.9. The molecule has 1 atom stereocenters. The van der Waals surface area contributed by atoms with Gasteiger partial charge >= 0.3 is 0 Å². The lowest BCUT2D eigenvalue weighted by Gasteiger charge is -2.17. The lowest BCUT2D eigenvalue weighted by Crippen LogP contribution is -2.29. The first-order valence-electron chi connectivity index (χ1n) is 22.8. The van der Waals surface area contributed by atoms with E-state index in [0.717, 1.165) is 65.1 Å². The van der Waals surface area contributed by atoms with Gasteiger partial charge in [-0.25, -0.2) is 0 Å². The van der Waals surface area contributed by atoms with Gasteiger partial charge < -0.3 is 30.2 Å². The molecule has 0 aromatic carbocycles. The number of rotatable bonds is 37. The Kier molecular flexibility index (Phi) is 41.6. The van der Waals surface area contributed by atoms with Gasteiger partial charge in [-0.3, -0.25) is 9.59 Å². The molecule has 2 amide bonds. The van der Waals surface area contributed by atoms with Crippen molar-refractivity contribution < 1.29 is 9.59 Å². The summed E-state index contributed by atoms with van der Waals surface area (Å²) in [6.07, 6.45) is 30.5. The Labute approximate surface area is 338 Å². The van der Waals surface area contributed by atoms with Gasteiger partial charge in [0.1, 0.15) is 0 Å². The van der Waals surface area contributed by atoms with Gasteiger partial charge in [0.25, 0.3) is 0 Å². The molecule has 0 aliphatic rings. The van der Waals surface area contributed by atoms with Crippen LogP contribution in [0.4, 0.5) is 0 Å². The summed E-state index contributed by atoms with van der Waals surface area (Å²) >= 11 is 0. The molecule has 0 saturated carbocycles. The van der Waals surface area contributed by atoms with Gasteiger partial charge in [0.2, 0.25) is 11.8 Å². The maximum Gasteiger partial charge on any atom is 0.243 e. The normalized spacial score (nSPS) is 12.4.